The first-order valence-corrected chi connectivity index (χ1v) is 6.31. The smallest absolute Gasteiger partial charge is 0.00220 e. The van der Waals surface area contributed by atoms with Crippen LogP contribution >= 0.6 is 0 Å². The molecule has 2 atom stereocenters. The van der Waals surface area contributed by atoms with Crippen molar-refractivity contribution in [2.75, 3.05) is 32.7 Å². The van der Waals surface area contributed by atoms with E-state index in [9.17, 15) is 0 Å². The standard InChI is InChI=1S/C12H24N2/c1-2-3-4-5-14-9-11-6-12(10-14)8-13-7-11/h11-13H,2-10H2,1H3. The maximum atomic E-state index is 3.55. The van der Waals surface area contributed by atoms with Gasteiger partial charge < -0.3 is 10.2 Å². The van der Waals surface area contributed by atoms with Crippen molar-refractivity contribution in [3.63, 3.8) is 0 Å². The molecule has 2 nitrogen and oxygen atoms in total. The average molecular weight is 196 g/mol. The van der Waals surface area contributed by atoms with E-state index in [0.29, 0.717) is 0 Å². The number of piperidine rings is 2. The number of fused-ring (bicyclic) bond motifs is 2. The first-order valence-electron chi connectivity index (χ1n) is 6.31. The largest absolute Gasteiger partial charge is 0.316 e. The summed E-state index contributed by atoms with van der Waals surface area (Å²) in [5, 5.41) is 3.55. The van der Waals surface area contributed by atoms with Gasteiger partial charge >= 0.3 is 0 Å². The molecule has 0 amide bonds. The summed E-state index contributed by atoms with van der Waals surface area (Å²) >= 11 is 0. The summed E-state index contributed by atoms with van der Waals surface area (Å²) in [5.74, 6) is 1.90. The van der Waals surface area contributed by atoms with Gasteiger partial charge in [0.15, 0.2) is 0 Å². The van der Waals surface area contributed by atoms with Crippen LogP contribution in [0.5, 0.6) is 0 Å². The molecule has 0 aromatic rings. The lowest BCUT2D eigenvalue weighted by molar-refractivity contribution is 0.0959. The van der Waals surface area contributed by atoms with Crippen molar-refractivity contribution in [3.8, 4) is 0 Å². The van der Waals surface area contributed by atoms with Gasteiger partial charge in [0.2, 0.25) is 0 Å². The molecule has 14 heavy (non-hydrogen) atoms. The summed E-state index contributed by atoms with van der Waals surface area (Å²) in [6, 6.07) is 0. The molecular formula is C12H24N2. The summed E-state index contributed by atoms with van der Waals surface area (Å²) in [4.78, 5) is 2.70. The van der Waals surface area contributed by atoms with Gasteiger partial charge in [0.1, 0.15) is 0 Å². The minimum absolute atomic E-state index is 0.948. The molecule has 0 radical (unpaired) electrons. The number of hydrogen-bond acceptors (Lipinski definition) is 2. The SMILES string of the molecule is CCCCCN1CC2CNCC(C2)C1. The Kier molecular flexibility index (Phi) is 3.82. The van der Waals surface area contributed by atoms with Gasteiger partial charge in [0, 0.05) is 13.1 Å². The zero-order valence-electron chi connectivity index (χ0n) is 9.47. The number of nitrogens with one attached hydrogen (secondary N) is 1. The third-order valence-corrected chi connectivity index (χ3v) is 3.64. The van der Waals surface area contributed by atoms with E-state index in [0.717, 1.165) is 11.8 Å². The fraction of sp³-hybridized carbons (Fsp3) is 1.00. The Labute approximate surface area is 88.1 Å². The highest BCUT2D eigenvalue weighted by atomic mass is 15.2. The van der Waals surface area contributed by atoms with Crippen molar-refractivity contribution >= 4 is 0 Å². The zero-order chi connectivity index (χ0) is 9.80. The Morgan fingerprint density at radius 3 is 2.50 bits per heavy atom. The monoisotopic (exact) mass is 196 g/mol. The first-order chi connectivity index (χ1) is 6.88. The number of rotatable bonds is 4. The second-order valence-corrected chi connectivity index (χ2v) is 5.09. The summed E-state index contributed by atoms with van der Waals surface area (Å²) in [7, 11) is 0. The van der Waals surface area contributed by atoms with E-state index in [2.05, 4.69) is 17.1 Å². The van der Waals surface area contributed by atoms with Crippen LogP contribution in [0.2, 0.25) is 0 Å². The molecule has 2 fully saturated rings. The summed E-state index contributed by atoms with van der Waals surface area (Å²) in [5.41, 5.74) is 0. The molecule has 0 saturated carbocycles. The molecule has 0 aromatic carbocycles. The fourth-order valence-electron chi connectivity index (χ4n) is 2.98. The summed E-state index contributed by atoms with van der Waals surface area (Å²) in [6.07, 6.45) is 5.65. The molecule has 2 unspecified atom stereocenters. The van der Waals surface area contributed by atoms with Crippen LogP contribution in [-0.4, -0.2) is 37.6 Å². The molecule has 0 spiro atoms. The van der Waals surface area contributed by atoms with Gasteiger partial charge in [-0.05, 0) is 44.3 Å². The van der Waals surface area contributed by atoms with Gasteiger partial charge in [-0.25, -0.2) is 0 Å². The van der Waals surface area contributed by atoms with Gasteiger partial charge in [0.25, 0.3) is 0 Å². The molecule has 0 aliphatic carbocycles. The minimum Gasteiger partial charge on any atom is -0.316 e. The minimum atomic E-state index is 0.948. The highest BCUT2D eigenvalue weighted by molar-refractivity contribution is 4.85. The molecule has 2 saturated heterocycles. The predicted molar refractivity (Wildman–Crippen MR) is 60.4 cm³/mol. The Morgan fingerprint density at radius 2 is 1.86 bits per heavy atom. The van der Waals surface area contributed by atoms with Crippen LogP contribution in [-0.2, 0) is 0 Å². The van der Waals surface area contributed by atoms with Crippen molar-refractivity contribution in [1.29, 1.82) is 0 Å². The van der Waals surface area contributed by atoms with Crippen LogP contribution in [0.15, 0.2) is 0 Å². The van der Waals surface area contributed by atoms with Crippen molar-refractivity contribution < 1.29 is 0 Å². The van der Waals surface area contributed by atoms with Crippen LogP contribution < -0.4 is 5.32 Å². The van der Waals surface area contributed by atoms with E-state index in [1.54, 1.807) is 0 Å². The quantitative estimate of drug-likeness (QED) is 0.689. The Morgan fingerprint density at radius 1 is 1.14 bits per heavy atom. The molecule has 0 aromatic heterocycles. The molecule has 2 bridgehead atoms. The van der Waals surface area contributed by atoms with Gasteiger partial charge in [-0.15, -0.1) is 0 Å². The number of hydrogen-bond donors (Lipinski definition) is 1. The van der Waals surface area contributed by atoms with Crippen molar-refractivity contribution in [2.24, 2.45) is 11.8 Å². The topological polar surface area (TPSA) is 15.3 Å². The lowest BCUT2D eigenvalue weighted by atomic mass is 9.86. The highest BCUT2D eigenvalue weighted by Crippen LogP contribution is 2.24. The van der Waals surface area contributed by atoms with Crippen LogP contribution in [0.3, 0.4) is 0 Å². The number of likely N-dealkylation sites (tertiary alicyclic amines) is 1. The maximum absolute atomic E-state index is 3.55. The molecule has 2 heteroatoms. The second kappa shape index (κ2) is 5.13. The second-order valence-electron chi connectivity index (χ2n) is 5.09. The Hall–Kier alpha value is -0.0800. The molecular weight excluding hydrogens is 172 g/mol. The molecule has 82 valence electrons. The normalized spacial score (nSPS) is 33.2. The lowest BCUT2D eigenvalue weighted by Crippen LogP contribution is -2.51. The van der Waals surface area contributed by atoms with Crippen LogP contribution in [0.25, 0.3) is 0 Å². The number of nitrogens with zero attached hydrogens (tertiary/aromatic N) is 1. The van der Waals surface area contributed by atoms with Gasteiger partial charge in [-0.3, -0.25) is 0 Å². The van der Waals surface area contributed by atoms with E-state index >= 15 is 0 Å². The average Bonchev–Trinajstić information content (AvgIpc) is 2.18. The third-order valence-electron chi connectivity index (χ3n) is 3.64. The van der Waals surface area contributed by atoms with Gasteiger partial charge in [-0.1, -0.05) is 19.8 Å². The molecule has 2 rings (SSSR count). The van der Waals surface area contributed by atoms with Gasteiger partial charge in [-0.2, -0.15) is 0 Å². The summed E-state index contributed by atoms with van der Waals surface area (Å²) in [6.45, 7) is 8.87. The Bertz CT molecular complexity index is 158. The maximum Gasteiger partial charge on any atom is 0.00220 e. The van der Waals surface area contributed by atoms with Gasteiger partial charge in [0.05, 0.1) is 0 Å². The molecule has 1 N–H and O–H groups in total. The third kappa shape index (κ3) is 2.71. The zero-order valence-corrected chi connectivity index (χ0v) is 9.47. The van der Waals surface area contributed by atoms with E-state index in [4.69, 9.17) is 0 Å². The van der Waals surface area contributed by atoms with Crippen LogP contribution in [0.4, 0.5) is 0 Å². The van der Waals surface area contributed by atoms with Crippen molar-refractivity contribution in [1.82, 2.24) is 10.2 Å². The summed E-state index contributed by atoms with van der Waals surface area (Å²) < 4.78 is 0. The van der Waals surface area contributed by atoms with E-state index in [1.165, 1.54) is 58.4 Å². The molecule has 2 aliphatic heterocycles. The number of unbranched alkanes of at least 4 members (excludes halogenated alkanes) is 2. The first kappa shape index (κ1) is 10.4. The van der Waals surface area contributed by atoms with Crippen LogP contribution in [0, 0.1) is 11.8 Å². The van der Waals surface area contributed by atoms with E-state index in [-0.39, 0.29) is 0 Å². The van der Waals surface area contributed by atoms with E-state index < -0.39 is 0 Å². The van der Waals surface area contributed by atoms with E-state index in [1.807, 2.05) is 0 Å². The fourth-order valence-corrected chi connectivity index (χ4v) is 2.98. The van der Waals surface area contributed by atoms with Crippen molar-refractivity contribution in [3.05, 3.63) is 0 Å². The molecule has 2 aliphatic rings. The van der Waals surface area contributed by atoms with Crippen molar-refractivity contribution in [2.45, 2.75) is 32.6 Å². The van der Waals surface area contributed by atoms with Crippen LogP contribution in [0.1, 0.15) is 32.6 Å². The highest BCUT2D eigenvalue weighted by Gasteiger charge is 2.29. The lowest BCUT2D eigenvalue weighted by Gasteiger charge is -2.41. The Balaban J connectivity index is 1.72. The predicted octanol–water partition coefficient (Wildman–Crippen LogP) is 1.72. The molecule has 2 heterocycles.